The standard InChI is InChI=1S/C13H16F3N3O.ClH/c14-10-7-9(8-11(15)12(10)16)13(20)18-3-6-19-4-1-17-2-5-19;/h7-8,17H,1-6H2,(H,18,20);1H. The maximum atomic E-state index is 13.0. The van der Waals surface area contributed by atoms with Gasteiger partial charge in [-0.25, -0.2) is 13.2 Å². The van der Waals surface area contributed by atoms with Crippen LogP contribution in [0.5, 0.6) is 0 Å². The van der Waals surface area contributed by atoms with E-state index >= 15 is 0 Å². The summed E-state index contributed by atoms with van der Waals surface area (Å²) >= 11 is 0. The van der Waals surface area contributed by atoms with Gasteiger partial charge < -0.3 is 10.6 Å². The highest BCUT2D eigenvalue weighted by atomic mass is 35.5. The number of rotatable bonds is 4. The number of benzene rings is 1. The Labute approximate surface area is 127 Å². The summed E-state index contributed by atoms with van der Waals surface area (Å²) in [7, 11) is 0. The predicted octanol–water partition coefficient (Wildman–Crippen LogP) is 1.16. The van der Waals surface area contributed by atoms with Gasteiger partial charge in [0.05, 0.1) is 0 Å². The van der Waals surface area contributed by atoms with E-state index in [2.05, 4.69) is 15.5 Å². The number of halogens is 4. The van der Waals surface area contributed by atoms with E-state index in [9.17, 15) is 18.0 Å². The van der Waals surface area contributed by atoms with Gasteiger partial charge in [-0.1, -0.05) is 0 Å². The normalized spacial score (nSPS) is 15.4. The Kier molecular flexibility index (Phi) is 6.94. The molecule has 0 unspecified atom stereocenters. The van der Waals surface area contributed by atoms with Crippen LogP contribution in [0.3, 0.4) is 0 Å². The van der Waals surface area contributed by atoms with Crippen molar-refractivity contribution in [1.82, 2.24) is 15.5 Å². The molecule has 0 saturated carbocycles. The highest BCUT2D eigenvalue weighted by Crippen LogP contribution is 2.13. The molecule has 1 saturated heterocycles. The fourth-order valence-corrected chi connectivity index (χ4v) is 2.05. The van der Waals surface area contributed by atoms with Crippen molar-refractivity contribution >= 4 is 18.3 Å². The van der Waals surface area contributed by atoms with Crippen LogP contribution >= 0.6 is 12.4 Å². The maximum absolute atomic E-state index is 13.0. The Balaban J connectivity index is 0.00000220. The highest BCUT2D eigenvalue weighted by Gasteiger charge is 2.15. The summed E-state index contributed by atoms with van der Waals surface area (Å²) in [5, 5.41) is 5.77. The van der Waals surface area contributed by atoms with Gasteiger partial charge in [0.15, 0.2) is 17.5 Å². The summed E-state index contributed by atoms with van der Waals surface area (Å²) in [6.07, 6.45) is 0. The lowest BCUT2D eigenvalue weighted by Crippen LogP contribution is -2.46. The number of piperazine rings is 1. The first kappa shape index (κ1) is 17.7. The van der Waals surface area contributed by atoms with Crippen molar-refractivity contribution < 1.29 is 18.0 Å². The first-order valence-electron chi connectivity index (χ1n) is 6.44. The van der Waals surface area contributed by atoms with Gasteiger partial charge in [0.1, 0.15) is 0 Å². The average molecular weight is 324 g/mol. The average Bonchev–Trinajstić information content (AvgIpc) is 2.45. The number of nitrogens with zero attached hydrogens (tertiary/aromatic N) is 1. The van der Waals surface area contributed by atoms with E-state index in [1.54, 1.807) is 0 Å². The molecule has 1 aromatic carbocycles. The summed E-state index contributed by atoms with van der Waals surface area (Å²) in [5.41, 5.74) is -0.221. The van der Waals surface area contributed by atoms with Crippen molar-refractivity contribution in [3.8, 4) is 0 Å². The summed E-state index contributed by atoms with van der Waals surface area (Å²) < 4.78 is 38.8. The van der Waals surface area contributed by atoms with Gasteiger partial charge >= 0.3 is 0 Å². The van der Waals surface area contributed by atoms with Gasteiger partial charge in [-0.3, -0.25) is 9.69 Å². The first-order valence-corrected chi connectivity index (χ1v) is 6.44. The lowest BCUT2D eigenvalue weighted by Gasteiger charge is -2.27. The van der Waals surface area contributed by atoms with Crippen LogP contribution in [0.1, 0.15) is 10.4 Å². The minimum Gasteiger partial charge on any atom is -0.351 e. The van der Waals surface area contributed by atoms with E-state index < -0.39 is 23.4 Å². The van der Waals surface area contributed by atoms with E-state index in [0.717, 1.165) is 26.2 Å². The second kappa shape index (κ2) is 8.21. The third kappa shape index (κ3) is 4.87. The van der Waals surface area contributed by atoms with Crippen LogP contribution in [0.25, 0.3) is 0 Å². The van der Waals surface area contributed by atoms with Crippen molar-refractivity contribution in [2.45, 2.75) is 0 Å². The second-order valence-corrected chi connectivity index (χ2v) is 4.60. The van der Waals surface area contributed by atoms with Gasteiger partial charge in [-0.2, -0.15) is 0 Å². The molecular formula is C13H17ClF3N3O. The third-order valence-corrected chi connectivity index (χ3v) is 3.17. The van der Waals surface area contributed by atoms with Crippen molar-refractivity contribution in [1.29, 1.82) is 0 Å². The molecule has 8 heteroatoms. The minimum atomic E-state index is -1.57. The van der Waals surface area contributed by atoms with Gasteiger partial charge in [0.2, 0.25) is 0 Å². The first-order chi connectivity index (χ1) is 9.58. The summed E-state index contributed by atoms with van der Waals surface area (Å²) in [4.78, 5) is 13.9. The number of amides is 1. The zero-order valence-electron chi connectivity index (χ0n) is 11.3. The molecule has 2 rings (SSSR count). The SMILES string of the molecule is Cl.O=C(NCCN1CCNCC1)c1cc(F)c(F)c(F)c1. The number of carbonyl (C=O) groups excluding carboxylic acids is 1. The number of carbonyl (C=O) groups is 1. The molecule has 1 aliphatic rings. The third-order valence-electron chi connectivity index (χ3n) is 3.17. The smallest absolute Gasteiger partial charge is 0.251 e. The van der Waals surface area contributed by atoms with Gasteiger partial charge in [-0.05, 0) is 12.1 Å². The van der Waals surface area contributed by atoms with Crippen molar-refractivity contribution in [2.75, 3.05) is 39.3 Å². The Hall–Kier alpha value is -1.31. The molecule has 1 fully saturated rings. The number of hydrogen-bond donors (Lipinski definition) is 2. The zero-order chi connectivity index (χ0) is 14.5. The van der Waals surface area contributed by atoms with E-state index in [4.69, 9.17) is 0 Å². The number of hydrogen-bond acceptors (Lipinski definition) is 3. The summed E-state index contributed by atoms with van der Waals surface area (Å²) in [6, 6.07) is 1.39. The molecule has 0 aliphatic carbocycles. The molecule has 1 aliphatic heterocycles. The van der Waals surface area contributed by atoms with Crippen LogP contribution in [-0.2, 0) is 0 Å². The minimum absolute atomic E-state index is 0. The second-order valence-electron chi connectivity index (χ2n) is 4.60. The highest BCUT2D eigenvalue weighted by molar-refractivity contribution is 5.94. The van der Waals surface area contributed by atoms with E-state index in [0.29, 0.717) is 25.2 Å². The zero-order valence-corrected chi connectivity index (χ0v) is 12.1. The van der Waals surface area contributed by atoms with Crippen LogP contribution in [0.15, 0.2) is 12.1 Å². The molecule has 0 bridgehead atoms. The van der Waals surface area contributed by atoms with Crippen LogP contribution in [-0.4, -0.2) is 50.1 Å². The summed E-state index contributed by atoms with van der Waals surface area (Å²) in [5.74, 6) is -4.91. The number of nitrogens with one attached hydrogen (secondary N) is 2. The molecule has 118 valence electrons. The van der Waals surface area contributed by atoms with E-state index in [1.165, 1.54) is 0 Å². The van der Waals surface area contributed by atoms with Gasteiger partial charge in [-0.15, -0.1) is 12.4 Å². The molecule has 1 heterocycles. The maximum Gasteiger partial charge on any atom is 0.251 e. The fourth-order valence-electron chi connectivity index (χ4n) is 2.05. The molecule has 0 radical (unpaired) electrons. The molecule has 21 heavy (non-hydrogen) atoms. The lowest BCUT2D eigenvalue weighted by atomic mass is 10.2. The Morgan fingerprint density at radius 3 is 2.33 bits per heavy atom. The largest absolute Gasteiger partial charge is 0.351 e. The molecule has 2 N–H and O–H groups in total. The quantitative estimate of drug-likeness (QED) is 0.817. The molecule has 0 atom stereocenters. The van der Waals surface area contributed by atoms with E-state index in [-0.39, 0.29) is 18.0 Å². The molecule has 0 aromatic heterocycles. The monoisotopic (exact) mass is 323 g/mol. The Bertz CT molecular complexity index is 473. The topological polar surface area (TPSA) is 44.4 Å². The lowest BCUT2D eigenvalue weighted by molar-refractivity contribution is 0.0946. The van der Waals surface area contributed by atoms with Crippen molar-refractivity contribution in [3.63, 3.8) is 0 Å². The molecule has 1 aromatic rings. The van der Waals surface area contributed by atoms with Crippen LogP contribution in [0.2, 0.25) is 0 Å². The van der Waals surface area contributed by atoms with E-state index in [1.807, 2.05) is 0 Å². The van der Waals surface area contributed by atoms with Gasteiger partial charge in [0, 0.05) is 44.8 Å². The van der Waals surface area contributed by atoms with Gasteiger partial charge in [0.25, 0.3) is 5.91 Å². The molecular weight excluding hydrogens is 307 g/mol. The summed E-state index contributed by atoms with van der Waals surface area (Å²) in [6.45, 7) is 4.65. The molecule has 0 spiro atoms. The van der Waals surface area contributed by atoms with Crippen LogP contribution in [0, 0.1) is 17.5 Å². The Morgan fingerprint density at radius 2 is 1.76 bits per heavy atom. The van der Waals surface area contributed by atoms with Crippen molar-refractivity contribution in [3.05, 3.63) is 35.1 Å². The van der Waals surface area contributed by atoms with Crippen LogP contribution < -0.4 is 10.6 Å². The van der Waals surface area contributed by atoms with Crippen LogP contribution in [0.4, 0.5) is 13.2 Å². The predicted molar refractivity (Wildman–Crippen MR) is 75.2 cm³/mol. The Morgan fingerprint density at radius 1 is 1.19 bits per heavy atom. The fraction of sp³-hybridized carbons (Fsp3) is 0.462. The molecule has 4 nitrogen and oxygen atoms in total. The van der Waals surface area contributed by atoms with Crippen molar-refractivity contribution in [2.24, 2.45) is 0 Å². The molecule has 1 amide bonds.